The summed E-state index contributed by atoms with van der Waals surface area (Å²) in [5.74, 6) is -0.204. The first-order chi connectivity index (χ1) is 4.81. The topological polar surface area (TPSA) is 26.3 Å². The Kier molecular flexibility index (Phi) is 3.52. The SMILES string of the molecule is CC(C)=CC(=O)O[Si](C)(C)C. The first kappa shape index (κ1) is 10.4. The van der Waals surface area contributed by atoms with Gasteiger partial charge in [-0.05, 0) is 33.5 Å². The predicted molar refractivity (Wildman–Crippen MR) is 48.9 cm³/mol. The van der Waals surface area contributed by atoms with E-state index in [2.05, 4.69) is 0 Å². The molecule has 2 nitrogen and oxygen atoms in total. The molecule has 11 heavy (non-hydrogen) atoms. The van der Waals surface area contributed by atoms with Crippen LogP contribution in [0.25, 0.3) is 0 Å². The molecule has 0 unspecified atom stereocenters. The lowest BCUT2D eigenvalue weighted by atomic mass is 10.3. The van der Waals surface area contributed by atoms with Gasteiger partial charge in [-0.1, -0.05) is 5.57 Å². The van der Waals surface area contributed by atoms with Gasteiger partial charge >= 0.3 is 5.97 Å². The van der Waals surface area contributed by atoms with Crippen LogP contribution in [0, 0.1) is 0 Å². The Hall–Kier alpha value is -0.573. The van der Waals surface area contributed by atoms with Crippen molar-refractivity contribution in [1.82, 2.24) is 0 Å². The van der Waals surface area contributed by atoms with Crippen LogP contribution in [0.1, 0.15) is 13.8 Å². The first-order valence-electron chi connectivity index (χ1n) is 3.69. The standard InChI is InChI=1S/C8H16O2Si/c1-7(2)6-8(9)10-11(3,4)5/h6H,1-5H3. The zero-order valence-corrected chi connectivity index (χ0v) is 8.89. The fourth-order valence-electron chi connectivity index (χ4n) is 0.567. The van der Waals surface area contributed by atoms with Crippen LogP contribution in [0.15, 0.2) is 11.6 Å². The van der Waals surface area contributed by atoms with Gasteiger partial charge in [0.2, 0.25) is 8.32 Å². The second kappa shape index (κ2) is 3.71. The van der Waals surface area contributed by atoms with Crippen molar-refractivity contribution >= 4 is 14.3 Å². The third-order valence-corrected chi connectivity index (χ3v) is 1.63. The van der Waals surface area contributed by atoms with E-state index in [-0.39, 0.29) is 5.97 Å². The van der Waals surface area contributed by atoms with E-state index in [1.807, 2.05) is 33.5 Å². The van der Waals surface area contributed by atoms with Crippen LogP contribution in [0.4, 0.5) is 0 Å². The molecule has 0 aliphatic heterocycles. The van der Waals surface area contributed by atoms with Crippen molar-refractivity contribution in [2.24, 2.45) is 0 Å². The number of allylic oxidation sites excluding steroid dienone is 1. The zero-order valence-electron chi connectivity index (χ0n) is 7.89. The van der Waals surface area contributed by atoms with Gasteiger partial charge in [0.1, 0.15) is 0 Å². The minimum atomic E-state index is -1.68. The second-order valence-corrected chi connectivity index (χ2v) is 8.18. The molecule has 0 N–H and O–H groups in total. The summed E-state index contributed by atoms with van der Waals surface area (Å²) in [5, 5.41) is 0. The minimum Gasteiger partial charge on any atom is -0.517 e. The Morgan fingerprint density at radius 2 is 1.73 bits per heavy atom. The third-order valence-electron chi connectivity index (χ3n) is 0.813. The molecule has 0 aliphatic carbocycles. The summed E-state index contributed by atoms with van der Waals surface area (Å²) in [5.41, 5.74) is 0.980. The Bertz CT molecular complexity index is 173. The molecular weight excluding hydrogens is 156 g/mol. The van der Waals surface area contributed by atoms with E-state index in [9.17, 15) is 4.79 Å². The molecule has 0 atom stereocenters. The van der Waals surface area contributed by atoms with Crippen molar-refractivity contribution in [2.45, 2.75) is 33.5 Å². The maximum atomic E-state index is 11.0. The van der Waals surface area contributed by atoms with Crippen molar-refractivity contribution < 1.29 is 9.22 Å². The van der Waals surface area contributed by atoms with Gasteiger partial charge in [0.25, 0.3) is 0 Å². The minimum absolute atomic E-state index is 0.204. The number of carbonyl (C=O) groups is 1. The molecule has 0 aromatic heterocycles. The summed E-state index contributed by atoms with van der Waals surface area (Å²) in [6.07, 6.45) is 1.53. The summed E-state index contributed by atoms with van der Waals surface area (Å²) in [4.78, 5) is 11.0. The Morgan fingerprint density at radius 3 is 2.00 bits per heavy atom. The molecule has 0 saturated carbocycles. The van der Waals surface area contributed by atoms with Crippen molar-refractivity contribution in [3.63, 3.8) is 0 Å². The van der Waals surface area contributed by atoms with E-state index in [1.54, 1.807) is 0 Å². The van der Waals surface area contributed by atoms with E-state index < -0.39 is 8.32 Å². The summed E-state index contributed by atoms with van der Waals surface area (Å²) in [6.45, 7) is 9.73. The highest BCUT2D eigenvalue weighted by atomic mass is 28.4. The lowest BCUT2D eigenvalue weighted by Gasteiger charge is -2.15. The van der Waals surface area contributed by atoms with Crippen molar-refractivity contribution in [3.05, 3.63) is 11.6 Å². The van der Waals surface area contributed by atoms with Crippen LogP contribution in [0.5, 0.6) is 0 Å². The van der Waals surface area contributed by atoms with Crippen LogP contribution in [-0.4, -0.2) is 14.3 Å². The highest BCUT2D eigenvalue weighted by Gasteiger charge is 2.18. The smallest absolute Gasteiger partial charge is 0.317 e. The molecule has 0 saturated heterocycles. The Labute approximate surface area is 69.4 Å². The molecular formula is C8H16O2Si. The lowest BCUT2D eigenvalue weighted by molar-refractivity contribution is -0.129. The van der Waals surface area contributed by atoms with Gasteiger partial charge in [0.05, 0.1) is 0 Å². The van der Waals surface area contributed by atoms with Gasteiger partial charge < -0.3 is 4.43 Å². The van der Waals surface area contributed by atoms with Crippen LogP contribution < -0.4 is 0 Å². The van der Waals surface area contributed by atoms with E-state index in [0.29, 0.717) is 0 Å². The molecule has 0 amide bonds. The molecule has 0 radical (unpaired) electrons. The van der Waals surface area contributed by atoms with Crippen LogP contribution >= 0.6 is 0 Å². The van der Waals surface area contributed by atoms with Crippen LogP contribution in [0.2, 0.25) is 19.6 Å². The van der Waals surface area contributed by atoms with E-state index in [0.717, 1.165) is 5.57 Å². The van der Waals surface area contributed by atoms with E-state index >= 15 is 0 Å². The predicted octanol–water partition coefficient (Wildman–Crippen LogP) is 2.33. The summed E-state index contributed by atoms with van der Waals surface area (Å²) >= 11 is 0. The van der Waals surface area contributed by atoms with Crippen molar-refractivity contribution in [1.29, 1.82) is 0 Å². The molecule has 0 rings (SSSR count). The van der Waals surface area contributed by atoms with Gasteiger partial charge in [0.15, 0.2) is 0 Å². The summed E-state index contributed by atoms with van der Waals surface area (Å²) < 4.78 is 5.17. The highest BCUT2D eigenvalue weighted by molar-refractivity contribution is 6.71. The first-order valence-corrected chi connectivity index (χ1v) is 7.10. The average Bonchev–Trinajstić information content (AvgIpc) is 1.53. The quantitative estimate of drug-likeness (QED) is 0.472. The molecule has 0 aliphatic rings. The number of carbonyl (C=O) groups excluding carboxylic acids is 1. The van der Waals surface area contributed by atoms with Gasteiger partial charge in [-0.25, -0.2) is 4.79 Å². The third kappa shape index (κ3) is 7.32. The highest BCUT2D eigenvalue weighted by Crippen LogP contribution is 2.04. The number of hydrogen-bond acceptors (Lipinski definition) is 2. The average molecular weight is 172 g/mol. The maximum Gasteiger partial charge on any atom is 0.317 e. The molecule has 64 valence electrons. The molecule has 0 aromatic carbocycles. The molecule has 0 spiro atoms. The Morgan fingerprint density at radius 1 is 1.27 bits per heavy atom. The van der Waals surface area contributed by atoms with Gasteiger partial charge in [-0.2, -0.15) is 0 Å². The van der Waals surface area contributed by atoms with Crippen LogP contribution in [-0.2, 0) is 9.22 Å². The summed E-state index contributed by atoms with van der Waals surface area (Å²) in [6, 6.07) is 0. The van der Waals surface area contributed by atoms with Gasteiger partial charge in [-0.15, -0.1) is 0 Å². The van der Waals surface area contributed by atoms with E-state index in [4.69, 9.17) is 4.43 Å². The van der Waals surface area contributed by atoms with Crippen molar-refractivity contribution in [2.75, 3.05) is 0 Å². The van der Waals surface area contributed by atoms with E-state index in [1.165, 1.54) is 6.08 Å². The van der Waals surface area contributed by atoms with Crippen LogP contribution in [0.3, 0.4) is 0 Å². The molecule has 0 bridgehead atoms. The Balaban J connectivity index is 4.00. The number of hydrogen-bond donors (Lipinski definition) is 0. The summed E-state index contributed by atoms with van der Waals surface area (Å²) in [7, 11) is -1.68. The molecule has 0 fully saturated rings. The molecule has 0 aromatic rings. The molecule has 0 heterocycles. The maximum absolute atomic E-state index is 11.0. The molecule has 3 heteroatoms. The largest absolute Gasteiger partial charge is 0.517 e. The monoisotopic (exact) mass is 172 g/mol. The number of rotatable bonds is 2. The second-order valence-electron chi connectivity index (χ2n) is 3.76. The van der Waals surface area contributed by atoms with Gasteiger partial charge in [-0.3, -0.25) is 0 Å². The fourth-order valence-corrected chi connectivity index (χ4v) is 1.23. The fraction of sp³-hybridized carbons (Fsp3) is 0.625. The zero-order chi connectivity index (χ0) is 9.07. The van der Waals surface area contributed by atoms with Gasteiger partial charge in [0, 0.05) is 6.08 Å². The normalized spacial score (nSPS) is 10.6. The lowest BCUT2D eigenvalue weighted by Crippen LogP contribution is -2.28. The van der Waals surface area contributed by atoms with Crippen molar-refractivity contribution in [3.8, 4) is 0 Å².